The first-order valence-corrected chi connectivity index (χ1v) is 11.5. The van der Waals surface area contributed by atoms with Crippen LogP contribution in [0.25, 0.3) is 0 Å². The zero-order valence-electron chi connectivity index (χ0n) is 17.7. The van der Waals surface area contributed by atoms with Gasteiger partial charge in [0, 0.05) is 18.4 Å². The molecule has 0 aromatic heterocycles. The second-order valence-electron chi connectivity index (χ2n) is 7.89. The average molecular weight is 447 g/mol. The maximum absolute atomic E-state index is 13.6. The number of benzene rings is 2. The molecule has 3 rings (SSSR count). The molecule has 2 aromatic rings. The Labute approximate surface area is 182 Å². The number of rotatable bonds is 7. The van der Waals surface area contributed by atoms with Gasteiger partial charge in [-0.15, -0.1) is 0 Å². The minimum atomic E-state index is -4.06. The molecule has 0 radical (unpaired) electrons. The van der Waals surface area contributed by atoms with E-state index in [2.05, 4.69) is 0 Å². The number of hydrogen-bond donors (Lipinski definition) is 0. The second-order valence-corrected chi connectivity index (χ2v) is 9.78. The number of nitro groups is 1. The summed E-state index contributed by atoms with van der Waals surface area (Å²) >= 11 is 0. The summed E-state index contributed by atoms with van der Waals surface area (Å²) in [5.74, 6) is -1.44. The second kappa shape index (κ2) is 8.76. The fourth-order valence-electron chi connectivity index (χ4n) is 4.18. The SMILES string of the molecule is CCOC(=O)C[C@@H]1CN(S(=O)(=O)c2ccc(C)cc2)[C@@H](c2ccccc2)[C@]1(C)[N+](=O)[O-]. The molecule has 1 fully saturated rings. The van der Waals surface area contributed by atoms with Gasteiger partial charge in [-0.05, 0) is 31.5 Å². The fourth-order valence-corrected chi connectivity index (χ4v) is 5.92. The van der Waals surface area contributed by atoms with Crippen molar-refractivity contribution in [3.63, 3.8) is 0 Å². The summed E-state index contributed by atoms with van der Waals surface area (Å²) in [6.45, 7) is 4.90. The van der Waals surface area contributed by atoms with Crippen molar-refractivity contribution in [2.24, 2.45) is 5.92 Å². The first kappa shape index (κ1) is 22.9. The largest absolute Gasteiger partial charge is 0.466 e. The number of aryl methyl sites for hydroxylation is 1. The summed E-state index contributed by atoms with van der Waals surface area (Å²) in [6.07, 6.45) is -0.241. The molecule has 0 spiro atoms. The van der Waals surface area contributed by atoms with Gasteiger partial charge in [-0.1, -0.05) is 48.0 Å². The minimum absolute atomic E-state index is 0.0570. The van der Waals surface area contributed by atoms with Gasteiger partial charge in [-0.3, -0.25) is 14.9 Å². The van der Waals surface area contributed by atoms with Crippen LogP contribution in [0.1, 0.15) is 37.4 Å². The number of carbonyl (C=O) groups is 1. The molecule has 9 heteroatoms. The highest BCUT2D eigenvalue weighted by molar-refractivity contribution is 7.89. The van der Waals surface area contributed by atoms with Crippen molar-refractivity contribution in [3.8, 4) is 0 Å². The molecule has 2 aromatic carbocycles. The summed E-state index contributed by atoms with van der Waals surface area (Å²) < 4.78 is 33.3. The number of hydrogen-bond acceptors (Lipinski definition) is 6. The smallest absolute Gasteiger partial charge is 0.306 e. The molecule has 1 saturated heterocycles. The third-order valence-electron chi connectivity index (χ3n) is 5.92. The molecule has 31 heavy (non-hydrogen) atoms. The van der Waals surface area contributed by atoms with Gasteiger partial charge in [0.05, 0.1) is 23.8 Å². The van der Waals surface area contributed by atoms with Gasteiger partial charge >= 0.3 is 5.97 Å². The van der Waals surface area contributed by atoms with E-state index < -0.39 is 38.4 Å². The van der Waals surface area contributed by atoms with Gasteiger partial charge in [0.25, 0.3) is 0 Å². The lowest BCUT2D eigenvalue weighted by Crippen LogP contribution is -2.46. The molecule has 3 atom stereocenters. The summed E-state index contributed by atoms with van der Waals surface area (Å²) in [5.41, 5.74) is -0.314. The van der Waals surface area contributed by atoms with Crippen molar-refractivity contribution in [2.45, 2.75) is 43.7 Å². The molecule has 0 bridgehead atoms. The van der Waals surface area contributed by atoms with Crippen LogP contribution in [-0.4, -0.2) is 42.3 Å². The van der Waals surface area contributed by atoms with Crippen molar-refractivity contribution in [3.05, 3.63) is 75.8 Å². The van der Waals surface area contributed by atoms with Gasteiger partial charge in [0.2, 0.25) is 15.6 Å². The Morgan fingerprint density at radius 2 is 1.81 bits per heavy atom. The van der Waals surface area contributed by atoms with Gasteiger partial charge in [0.1, 0.15) is 6.04 Å². The van der Waals surface area contributed by atoms with Crippen LogP contribution < -0.4 is 0 Å². The predicted octanol–water partition coefficient (Wildman–Crippen LogP) is 3.35. The summed E-state index contributed by atoms with van der Waals surface area (Å²) in [6, 6.07) is 13.8. The lowest BCUT2D eigenvalue weighted by molar-refractivity contribution is -0.577. The average Bonchev–Trinajstić information content (AvgIpc) is 3.03. The monoisotopic (exact) mass is 446 g/mol. The molecule has 8 nitrogen and oxygen atoms in total. The van der Waals surface area contributed by atoms with Crippen molar-refractivity contribution >= 4 is 16.0 Å². The van der Waals surface area contributed by atoms with Gasteiger partial charge < -0.3 is 4.74 Å². The number of esters is 1. The van der Waals surface area contributed by atoms with Crippen LogP contribution in [0.2, 0.25) is 0 Å². The Bertz CT molecular complexity index is 1060. The van der Waals surface area contributed by atoms with Gasteiger partial charge in [-0.2, -0.15) is 4.31 Å². The summed E-state index contributed by atoms with van der Waals surface area (Å²) in [4.78, 5) is 24.1. The molecule has 0 N–H and O–H groups in total. The van der Waals surface area contributed by atoms with E-state index in [-0.39, 0.29) is 24.5 Å². The Morgan fingerprint density at radius 1 is 1.19 bits per heavy atom. The molecule has 1 heterocycles. The topological polar surface area (TPSA) is 107 Å². The van der Waals surface area contributed by atoms with E-state index in [9.17, 15) is 23.3 Å². The quantitative estimate of drug-likeness (QED) is 0.367. The molecule has 1 aliphatic rings. The minimum Gasteiger partial charge on any atom is -0.466 e. The lowest BCUT2D eigenvalue weighted by Gasteiger charge is -2.30. The zero-order chi connectivity index (χ0) is 22.8. The summed E-state index contributed by atoms with van der Waals surface area (Å²) in [5, 5.41) is 12.3. The van der Waals surface area contributed by atoms with Crippen molar-refractivity contribution < 1.29 is 22.9 Å². The number of nitrogens with zero attached hydrogens (tertiary/aromatic N) is 2. The first-order valence-electron chi connectivity index (χ1n) is 10.1. The van der Waals surface area contributed by atoms with E-state index in [0.717, 1.165) is 5.56 Å². The van der Waals surface area contributed by atoms with Crippen molar-refractivity contribution in [1.29, 1.82) is 0 Å². The molecule has 0 unspecified atom stereocenters. The normalized spacial score (nSPS) is 24.1. The van der Waals surface area contributed by atoms with E-state index in [1.807, 2.05) is 6.92 Å². The van der Waals surface area contributed by atoms with Crippen LogP contribution in [-0.2, 0) is 19.6 Å². The van der Waals surface area contributed by atoms with E-state index in [0.29, 0.717) is 5.56 Å². The Balaban J connectivity index is 2.15. The van der Waals surface area contributed by atoms with Crippen LogP contribution in [0.15, 0.2) is 59.5 Å². The van der Waals surface area contributed by atoms with Crippen LogP contribution >= 0.6 is 0 Å². The summed E-state index contributed by atoms with van der Waals surface area (Å²) in [7, 11) is -4.06. The maximum Gasteiger partial charge on any atom is 0.306 e. The fraction of sp³-hybridized carbons (Fsp3) is 0.409. The van der Waals surface area contributed by atoms with Crippen molar-refractivity contribution in [1.82, 2.24) is 4.31 Å². The van der Waals surface area contributed by atoms with Crippen molar-refractivity contribution in [2.75, 3.05) is 13.2 Å². The highest BCUT2D eigenvalue weighted by Gasteiger charge is 2.64. The number of ether oxygens (including phenoxy) is 1. The van der Waals surface area contributed by atoms with E-state index in [1.165, 1.54) is 23.4 Å². The third-order valence-corrected chi connectivity index (χ3v) is 7.77. The van der Waals surface area contributed by atoms with Crippen LogP contribution in [0.4, 0.5) is 0 Å². The van der Waals surface area contributed by atoms with Crippen LogP contribution in [0.3, 0.4) is 0 Å². The Hall–Kier alpha value is -2.78. The number of sulfonamides is 1. The molecule has 0 amide bonds. The van der Waals surface area contributed by atoms with Crippen LogP contribution in [0, 0.1) is 23.0 Å². The molecular weight excluding hydrogens is 420 g/mol. The standard InChI is InChI=1S/C22H26N2O6S/c1-4-30-20(25)14-18-15-23(31(28,29)19-12-10-16(2)11-13-19)21(22(18,3)24(26)27)17-8-6-5-7-9-17/h5-13,18,21H,4,14-15H2,1-3H3/t18-,21+,22-/m1/s1. The predicted molar refractivity (Wildman–Crippen MR) is 114 cm³/mol. The Morgan fingerprint density at radius 3 is 2.35 bits per heavy atom. The zero-order valence-corrected chi connectivity index (χ0v) is 18.5. The molecule has 1 aliphatic heterocycles. The molecular formula is C22H26N2O6S. The molecule has 166 valence electrons. The molecule has 0 saturated carbocycles. The molecule has 0 aliphatic carbocycles. The first-order chi connectivity index (χ1) is 14.6. The third kappa shape index (κ3) is 4.20. The van der Waals surface area contributed by atoms with Gasteiger partial charge in [-0.25, -0.2) is 8.42 Å². The van der Waals surface area contributed by atoms with E-state index in [1.54, 1.807) is 49.4 Å². The highest BCUT2D eigenvalue weighted by Crippen LogP contribution is 2.49. The van der Waals surface area contributed by atoms with E-state index in [4.69, 9.17) is 4.74 Å². The van der Waals surface area contributed by atoms with E-state index >= 15 is 0 Å². The highest BCUT2D eigenvalue weighted by atomic mass is 32.2. The number of carbonyl (C=O) groups excluding carboxylic acids is 1. The van der Waals surface area contributed by atoms with Crippen LogP contribution in [0.5, 0.6) is 0 Å². The maximum atomic E-state index is 13.6. The lowest BCUT2D eigenvalue weighted by atomic mass is 9.79. The van der Waals surface area contributed by atoms with Gasteiger partial charge in [0.15, 0.2) is 0 Å². The Kier molecular flexibility index (Phi) is 6.47.